The zero-order valence-corrected chi connectivity index (χ0v) is 10.8. The summed E-state index contributed by atoms with van der Waals surface area (Å²) in [5, 5.41) is 10.6. The summed E-state index contributed by atoms with van der Waals surface area (Å²) >= 11 is 0. The first-order valence-electron chi connectivity index (χ1n) is 6.52. The average Bonchev–Trinajstić information content (AvgIpc) is 2.57. The lowest BCUT2D eigenvalue weighted by atomic mass is 9.86. The lowest BCUT2D eigenvalue weighted by Crippen LogP contribution is -2.38. The molecule has 1 aromatic rings. The van der Waals surface area contributed by atoms with Crippen molar-refractivity contribution in [2.75, 3.05) is 5.73 Å². The Morgan fingerprint density at radius 2 is 1.94 bits per heavy atom. The second-order valence-electron chi connectivity index (χ2n) is 5.22. The van der Waals surface area contributed by atoms with Gasteiger partial charge in [-0.05, 0) is 31.4 Å². The first kappa shape index (κ1) is 13.0. The highest BCUT2D eigenvalue weighted by atomic mass is 16.3. The Hall–Kier alpha value is -1.42. The molecule has 0 spiro atoms. The minimum atomic E-state index is -1.25. The summed E-state index contributed by atoms with van der Waals surface area (Å²) in [6, 6.07) is 1.72. The number of Topliss-reactive ketones (excluding diaryl/α,β-unsaturated/α-hetero) is 1. The summed E-state index contributed by atoms with van der Waals surface area (Å²) in [7, 11) is 0. The summed E-state index contributed by atoms with van der Waals surface area (Å²) in [6.07, 6.45) is 6.62. The van der Waals surface area contributed by atoms with Crippen molar-refractivity contribution in [3.05, 3.63) is 23.4 Å². The number of aliphatic hydroxyl groups is 1. The fraction of sp³-hybridized carbons (Fsp3) is 0.571. The van der Waals surface area contributed by atoms with Crippen LogP contribution in [0.3, 0.4) is 0 Å². The second kappa shape index (κ2) is 5.06. The first-order chi connectivity index (χ1) is 8.53. The molecule has 1 saturated carbocycles. The third kappa shape index (κ3) is 2.53. The van der Waals surface area contributed by atoms with E-state index in [1.807, 2.05) is 6.92 Å². The molecule has 98 valence electrons. The van der Waals surface area contributed by atoms with Gasteiger partial charge in [0.2, 0.25) is 0 Å². The number of hydrogen-bond donors (Lipinski definition) is 2. The molecule has 4 heteroatoms. The average molecular weight is 248 g/mol. The number of carbonyl (C=O) groups is 1. The minimum Gasteiger partial charge on any atom is -0.383 e. The van der Waals surface area contributed by atoms with Crippen LogP contribution in [0, 0.1) is 6.92 Å². The molecule has 1 aliphatic rings. The molecule has 2 rings (SSSR count). The van der Waals surface area contributed by atoms with Gasteiger partial charge in [-0.1, -0.05) is 25.7 Å². The molecule has 0 bridgehead atoms. The molecule has 0 aromatic carbocycles. The lowest BCUT2D eigenvalue weighted by molar-refractivity contribution is 0.0238. The van der Waals surface area contributed by atoms with Crippen molar-refractivity contribution < 1.29 is 9.90 Å². The number of nitrogens with two attached hydrogens (primary N) is 1. The summed E-state index contributed by atoms with van der Waals surface area (Å²) in [5.74, 6) is -0.0543. The van der Waals surface area contributed by atoms with Crippen LogP contribution >= 0.6 is 0 Å². The molecule has 0 aliphatic heterocycles. The van der Waals surface area contributed by atoms with E-state index in [1.165, 1.54) is 0 Å². The highest BCUT2D eigenvalue weighted by Gasteiger charge is 2.37. The fourth-order valence-electron chi connectivity index (χ4n) is 2.55. The van der Waals surface area contributed by atoms with Gasteiger partial charge in [-0.3, -0.25) is 4.79 Å². The molecular formula is C14H20N2O2. The van der Waals surface area contributed by atoms with E-state index in [4.69, 9.17) is 5.73 Å². The minimum absolute atomic E-state index is 0.211. The molecule has 1 aromatic heterocycles. The highest BCUT2D eigenvalue weighted by molar-refractivity contribution is 6.05. The van der Waals surface area contributed by atoms with E-state index < -0.39 is 5.60 Å². The number of anilines is 1. The van der Waals surface area contributed by atoms with Gasteiger partial charge in [-0.2, -0.15) is 0 Å². The Kier molecular flexibility index (Phi) is 3.66. The second-order valence-corrected chi connectivity index (χ2v) is 5.22. The maximum absolute atomic E-state index is 12.5. The van der Waals surface area contributed by atoms with E-state index in [2.05, 4.69) is 4.98 Å². The number of hydrogen-bond acceptors (Lipinski definition) is 4. The number of carbonyl (C=O) groups excluding carboxylic acids is 1. The monoisotopic (exact) mass is 248 g/mol. The van der Waals surface area contributed by atoms with Crippen molar-refractivity contribution in [3.8, 4) is 0 Å². The lowest BCUT2D eigenvalue weighted by Gasteiger charge is -2.25. The van der Waals surface area contributed by atoms with Crippen LogP contribution in [0.5, 0.6) is 0 Å². The maximum atomic E-state index is 12.5. The molecule has 0 radical (unpaired) electrons. The number of aromatic nitrogens is 1. The summed E-state index contributed by atoms with van der Waals surface area (Å²) < 4.78 is 0. The number of rotatable bonds is 2. The fourth-order valence-corrected chi connectivity index (χ4v) is 2.55. The Morgan fingerprint density at radius 1 is 1.33 bits per heavy atom. The van der Waals surface area contributed by atoms with Gasteiger partial charge in [-0.15, -0.1) is 0 Å². The van der Waals surface area contributed by atoms with Gasteiger partial charge in [-0.25, -0.2) is 4.98 Å². The van der Waals surface area contributed by atoms with Crippen LogP contribution in [0.25, 0.3) is 0 Å². The zero-order chi connectivity index (χ0) is 13.2. The van der Waals surface area contributed by atoms with E-state index >= 15 is 0 Å². The Bertz CT molecular complexity index is 449. The largest absolute Gasteiger partial charge is 0.383 e. The van der Waals surface area contributed by atoms with E-state index in [0.29, 0.717) is 18.4 Å². The van der Waals surface area contributed by atoms with Crippen molar-refractivity contribution in [2.45, 2.75) is 51.0 Å². The number of nitrogens with zero attached hydrogens (tertiary/aromatic N) is 1. The molecule has 1 fully saturated rings. The van der Waals surface area contributed by atoms with Crippen molar-refractivity contribution in [1.29, 1.82) is 0 Å². The van der Waals surface area contributed by atoms with E-state index in [1.54, 1.807) is 12.3 Å². The van der Waals surface area contributed by atoms with Crippen molar-refractivity contribution in [3.63, 3.8) is 0 Å². The number of nitrogen functional groups attached to an aromatic ring is 1. The molecule has 3 N–H and O–H groups in total. The Labute approximate surface area is 107 Å². The van der Waals surface area contributed by atoms with Gasteiger partial charge in [0.25, 0.3) is 0 Å². The standard InChI is InChI=1S/C14H20N2O2/c1-10-8-11(13(15)16-9-10)12(17)14(18)6-4-2-3-5-7-14/h8-9,18H,2-7H2,1H3,(H2,15,16). The van der Waals surface area contributed by atoms with Crippen LogP contribution in [-0.4, -0.2) is 21.5 Å². The smallest absolute Gasteiger partial charge is 0.198 e. The third-order valence-corrected chi connectivity index (χ3v) is 3.65. The van der Waals surface area contributed by atoms with Gasteiger partial charge in [0.1, 0.15) is 11.4 Å². The molecule has 18 heavy (non-hydrogen) atoms. The zero-order valence-electron chi connectivity index (χ0n) is 10.8. The molecule has 0 unspecified atom stereocenters. The van der Waals surface area contributed by atoms with Gasteiger partial charge in [0.15, 0.2) is 5.78 Å². The van der Waals surface area contributed by atoms with Crippen LogP contribution in [0.1, 0.15) is 54.4 Å². The van der Waals surface area contributed by atoms with Crippen LogP contribution in [0.15, 0.2) is 12.3 Å². The van der Waals surface area contributed by atoms with Gasteiger partial charge in [0.05, 0.1) is 5.56 Å². The molecule has 0 amide bonds. The first-order valence-corrected chi connectivity index (χ1v) is 6.52. The number of pyridine rings is 1. The predicted octanol–water partition coefficient (Wildman–Crippen LogP) is 2.24. The van der Waals surface area contributed by atoms with Crippen molar-refractivity contribution >= 4 is 11.6 Å². The summed E-state index contributed by atoms with van der Waals surface area (Å²) in [6.45, 7) is 1.86. The van der Waals surface area contributed by atoms with E-state index in [0.717, 1.165) is 31.2 Å². The molecule has 0 atom stereocenters. The molecular weight excluding hydrogens is 228 g/mol. The van der Waals surface area contributed by atoms with Gasteiger partial charge < -0.3 is 10.8 Å². The molecule has 1 heterocycles. The maximum Gasteiger partial charge on any atom is 0.198 e. The predicted molar refractivity (Wildman–Crippen MR) is 70.4 cm³/mol. The normalized spacial score (nSPS) is 19.2. The quantitative estimate of drug-likeness (QED) is 0.621. The molecule has 1 aliphatic carbocycles. The van der Waals surface area contributed by atoms with Gasteiger partial charge >= 0.3 is 0 Å². The Balaban J connectivity index is 2.31. The van der Waals surface area contributed by atoms with Crippen LogP contribution < -0.4 is 5.73 Å². The third-order valence-electron chi connectivity index (χ3n) is 3.65. The van der Waals surface area contributed by atoms with E-state index in [9.17, 15) is 9.90 Å². The Morgan fingerprint density at radius 3 is 2.56 bits per heavy atom. The summed E-state index contributed by atoms with van der Waals surface area (Å²) in [5.41, 5.74) is 5.74. The highest BCUT2D eigenvalue weighted by Crippen LogP contribution is 2.31. The van der Waals surface area contributed by atoms with Crippen molar-refractivity contribution in [1.82, 2.24) is 4.98 Å². The molecule has 0 saturated heterocycles. The SMILES string of the molecule is Cc1cnc(N)c(C(=O)C2(O)CCCCCC2)c1. The molecule has 4 nitrogen and oxygen atoms in total. The topological polar surface area (TPSA) is 76.2 Å². The van der Waals surface area contributed by atoms with Crippen LogP contribution in [0.4, 0.5) is 5.82 Å². The van der Waals surface area contributed by atoms with Crippen LogP contribution in [-0.2, 0) is 0 Å². The van der Waals surface area contributed by atoms with Crippen LogP contribution in [0.2, 0.25) is 0 Å². The number of ketones is 1. The number of aryl methyl sites for hydroxylation is 1. The van der Waals surface area contributed by atoms with Gasteiger partial charge in [0, 0.05) is 6.20 Å². The van der Waals surface area contributed by atoms with Crippen molar-refractivity contribution in [2.24, 2.45) is 0 Å². The van der Waals surface area contributed by atoms with E-state index in [-0.39, 0.29) is 11.6 Å². The summed E-state index contributed by atoms with van der Waals surface area (Å²) in [4.78, 5) is 16.5.